The molecular weight excluding hydrogens is 232 g/mol. The second kappa shape index (κ2) is 6.92. The van der Waals surface area contributed by atoms with Gasteiger partial charge in [0.1, 0.15) is 5.78 Å². The summed E-state index contributed by atoms with van der Waals surface area (Å²) in [7, 11) is 0. The summed E-state index contributed by atoms with van der Waals surface area (Å²) in [5.74, 6) is 0.380. The molecule has 0 saturated carbocycles. The molecule has 1 unspecified atom stereocenters. The molecule has 1 aliphatic rings. The van der Waals surface area contributed by atoms with Crippen LogP contribution in [0.2, 0.25) is 0 Å². The van der Waals surface area contributed by atoms with Crippen LogP contribution in [0.4, 0.5) is 0 Å². The molecule has 17 heavy (non-hydrogen) atoms. The van der Waals surface area contributed by atoms with Crippen molar-refractivity contribution in [3.63, 3.8) is 0 Å². The van der Waals surface area contributed by atoms with Crippen molar-refractivity contribution in [1.29, 1.82) is 0 Å². The number of rotatable bonds is 6. The minimum Gasteiger partial charge on any atom is -0.378 e. The van der Waals surface area contributed by atoms with E-state index in [2.05, 4.69) is 16.8 Å². The van der Waals surface area contributed by atoms with E-state index in [1.807, 2.05) is 0 Å². The van der Waals surface area contributed by atoms with E-state index in [4.69, 9.17) is 4.74 Å². The number of hydrogen-bond donors (Lipinski definition) is 0. The lowest BCUT2D eigenvalue weighted by atomic mass is 10.0. The van der Waals surface area contributed by atoms with E-state index in [-0.39, 0.29) is 0 Å². The molecule has 0 spiro atoms. The quantitative estimate of drug-likeness (QED) is 0.773. The molecule has 0 aliphatic carbocycles. The number of carbonyl (C=O) groups excluding carboxylic acids is 1. The molecule has 0 amide bonds. The molecule has 1 atom stereocenters. The maximum atomic E-state index is 11.7. The van der Waals surface area contributed by atoms with E-state index < -0.39 is 0 Å². The molecule has 3 heteroatoms. The molecule has 0 N–H and O–H groups in total. The normalized spacial score (nSPS) is 20.4. The smallest absolute Gasteiger partial charge is 0.133 e. The van der Waals surface area contributed by atoms with Crippen LogP contribution in [0.1, 0.15) is 44.1 Å². The van der Waals surface area contributed by atoms with Gasteiger partial charge in [0.05, 0.1) is 6.10 Å². The molecule has 94 valence electrons. The van der Waals surface area contributed by atoms with E-state index >= 15 is 0 Å². The maximum Gasteiger partial charge on any atom is 0.133 e. The highest BCUT2D eigenvalue weighted by molar-refractivity contribution is 7.07. The monoisotopic (exact) mass is 252 g/mol. The zero-order valence-corrected chi connectivity index (χ0v) is 11.0. The van der Waals surface area contributed by atoms with Gasteiger partial charge in [0.15, 0.2) is 0 Å². The summed E-state index contributed by atoms with van der Waals surface area (Å²) in [4.78, 5) is 11.7. The van der Waals surface area contributed by atoms with Gasteiger partial charge in [0, 0.05) is 19.4 Å². The highest BCUT2D eigenvalue weighted by Crippen LogP contribution is 2.18. The summed E-state index contributed by atoms with van der Waals surface area (Å²) in [5.41, 5.74) is 1.29. The average molecular weight is 252 g/mol. The van der Waals surface area contributed by atoms with Crippen molar-refractivity contribution in [2.45, 2.75) is 51.0 Å². The fourth-order valence-electron chi connectivity index (χ4n) is 2.20. The molecule has 0 radical (unpaired) electrons. The first-order valence-electron chi connectivity index (χ1n) is 6.49. The number of ether oxygens (including phenoxy) is 1. The van der Waals surface area contributed by atoms with Gasteiger partial charge in [-0.1, -0.05) is 0 Å². The SMILES string of the molecule is O=C(CCc1ccsc1)CCC1CCCCO1. The number of hydrogen-bond acceptors (Lipinski definition) is 3. The third kappa shape index (κ3) is 4.60. The predicted molar refractivity (Wildman–Crippen MR) is 70.5 cm³/mol. The van der Waals surface area contributed by atoms with Gasteiger partial charge in [-0.05, 0) is 54.5 Å². The van der Waals surface area contributed by atoms with Crippen LogP contribution in [0.25, 0.3) is 0 Å². The van der Waals surface area contributed by atoms with Crippen molar-refractivity contribution in [2.24, 2.45) is 0 Å². The Kier molecular flexibility index (Phi) is 5.20. The van der Waals surface area contributed by atoms with Gasteiger partial charge in [-0.2, -0.15) is 11.3 Å². The van der Waals surface area contributed by atoms with E-state index in [1.54, 1.807) is 11.3 Å². The Balaban J connectivity index is 1.60. The van der Waals surface area contributed by atoms with E-state index in [0.717, 1.165) is 25.9 Å². The Morgan fingerprint density at radius 3 is 3.06 bits per heavy atom. The van der Waals surface area contributed by atoms with Crippen LogP contribution in [0.3, 0.4) is 0 Å². The highest BCUT2D eigenvalue weighted by Gasteiger charge is 2.15. The topological polar surface area (TPSA) is 26.3 Å². The van der Waals surface area contributed by atoms with Crippen LogP contribution in [-0.4, -0.2) is 18.5 Å². The Morgan fingerprint density at radius 2 is 2.35 bits per heavy atom. The van der Waals surface area contributed by atoms with E-state index in [1.165, 1.54) is 18.4 Å². The summed E-state index contributed by atoms with van der Waals surface area (Å²) in [5, 5.41) is 4.19. The molecule has 1 fully saturated rings. The first-order valence-corrected chi connectivity index (χ1v) is 7.43. The van der Waals surface area contributed by atoms with Crippen LogP contribution in [0, 0.1) is 0 Å². The van der Waals surface area contributed by atoms with Crippen LogP contribution >= 0.6 is 11.3 Å². The van der Waals surface area contributed by atoms with Crippen molar-refractivity contribution in [3.05, 3.63) is 22.4 Å². The summed E-state index contributed by atoms with van der Waals surface area (Å²) < 4.78 is 5.63. The summed E-state index contributed by atoms with van der Waals surface area (Å²) in [6.07, 6.45) is 7.11. The van der Waals surface area contributed by atoms with Gasteiger partial charge >= 0.3 is 0 Å². The Hall–Kier alpha value is -0.670. The molecule has 2 heterocycles. The predicted octanol–water partition coefficient (Wildman–Crippen LogP) is 3.60. The van der Waals surface area contributed by atoms with Gasteiger partial charge in [-0.15, -0.1) is 0 Å². The molecule has 2 rings (SSSR count). The minimum absolute atomic E-state index is 0.342. The molecule has 2 nitrogen and oxygen atoms in total. The lowest BCUT2D eigenvalue weighted by Crippen LogP contribution is -2.20. The van der Waals surface area contributed by atoms with Crippen molar-refractivity contribution >= 4 is 17.1 Å². The number of thiophene rings is 1. The van der Waals surface area contributed by atoms with Crippen LogP contribution in [0.15, 0.2) is 16.8 Å². The molecule has 1 aliphatic heterocycles. The minimum atomic E-state index is 0.342. The van der Waals surface area contributed by atoms with E-state index in [0.29, 0.717) is 24.7 Å². The fourth-order valence-corrected chi connectivity index (χ4v) is 2.90. The Morgan fingerprint density at radius 1 is 1.41 bits per heavy atom. The molecule has 1 aromatic rings. The second-order valence-corrected chi connectivity index (χ2v) is 5.48. The molecule has 1 aromatic heterocycles. The van der Waals surface area contributed by atoms with Crippen molar-refractivity contribution in [1.82, 2.24) is 0 Å². The zero-order valence-electron chi connectivity index (χ0n) is 10.2. The van der Waals surface area contributed by atoms with Gasteiger partial charge in [-0.3, -0.25) is 4.79 Å². The van der Waals surface area contributed by atoms with Crippen LogP contribution in [-0.2, 0) is 16.0 Å². The summed E-state index contributed by atoms with van der Waals surface area (Å²) >= 11 is 1.70. The van der Waals surface area contributed by atoms with Crippen LogP contribution < -0.4 is 0 Å². The van der Waals surface area contributed by atoms with Gasteiger partial charge in [0.2, 0.25) is 0 Å². The first-order chi connectivity index (χ1) is 8.34. The molecule has 1 saturated heterocycles. The van der Waals surface area contributed by atoms with Crippen molar-refractivity contribution in [3.8, 4) is 0 Å². The maximum absolute atomic E-state index is 11.7. The molecular formula is C14H20O2S. The van der Waals surface area contributed by atoms with Crippen molar-refractivity contribution < 1.29 is 9.53 Å². The number of aryl methyl sites for hydroxylation is 1. The third-order valence-corrected chi connectivity index (χ3v) is 4.02. The van der Waals surface area contributed by atoms with Crippen molar-refractivity contribution in [2.75, 3.05) is 6.61 Å². The number of carbonyl (C=O) groups is 1. The summed E-state index contributed by atoms with van der Waals surface area (Å²) in [6.45, 7) is 0.883. The fraction of sp³-hybridized carbons (Fsp3) is 0.643. The third-order valence-electron chi connectivity index (χ3n) is 3.29. The number of ketones is 1. The largest absolute Gasteiger partial charge is 0.378 e. The Bertz CT molecular complexity index is 326. The average Bonchev–Trinajstić information content (AvgIpc) is 2.88. The van der Waals surface area contributed by atoms with E-state index in [9.17, 15) is 4.79 Å². The van der Waals surface area contributed by atoms with Gasteiger partial charge in [0.25, 0.3) is 0 Å². The Labute approximate surface area is 107 Å². The second-order valence-electron chi connectivity index (χ2n) is 4.70. The van der Waals surface area contributed by atoms with Gasteiger partial charge in [-0.25, -0.2) is 0 Å². The number of Topliss-reactive ketones (excluding diaryl/α,β-unsaturated/α-hetero) is 1. The first kappa shape index (κ1) is 12.8. The lowest BCUT2D eigenvalue weighted by molar-refractivity contribution is -0.120. The summed E-state index contributed by atoms with van der Waals surface area (Å²) in [6, 6.07) is 2.10. The van der Waals surface area contributed by atoms with Crippen LogP contribution in [0.5, 0.6) is 0 Å². The standard InChI is InChI=1S/C14H20O2S/c15-13(5-4-12-8-10-17-11-12)6-7-14-3-1-2-9-16-14/h8,10-11,14H,1-7,9H2. The molecule has 0 aromatic carbocycles. The molecule has 0 bridgehead atoms. The highest BCUT2D eigenvalue weighted by atomic mass is 32.1. The zero-order chi connectivity index (χ0) is 11.9. The lowest BCUT2D eigenvalue weighted by Gasteiger charge is -2.22. The van der Waals surface area contributed by atoms with Gasteiger partial charge < -0.3 is 4.74 Å².